The molecule has 1 aliphatic rings. The zero-order chi connectivity index (χ0) is 12.4. The lowest BCUT2D eigenvalue weighted by atomic mass is 10.0. The van der Waals surface area contributed by atoms with Crippen LogP contribution in [0.25, 0.3) is 0 Å². The Bertz CT molecular complexity index is 431. The fourth-order valence-electron chi connectivity index (χ4n) is 2.09. The second-order valence-corrected chi connectivity index (χ2v) is 4.69. The largest absolute Gasteiger partial charge is 0.508 e. The van der Waals surface area contributed by atoms with Gasteiger partial charge in [-0.2, -0.15) is 0 Å². The Morgan fingerprint density at radius 2 is 2.29 bits per heavy atom. The molecule has 0 saturated carbocycles. The van der Waals surface area contributed by atoms with Crippen molar-refractivity contribution in [3.63, 3.8) is 0 Å². The van der Waals surface area contributed by atoms with E-state index in [0.29, 0.717) is 11.6 Å². The van der Waals surface area contributed by atoms with Gasteiger partial charge in [0.05, 0.1) is 6.04 Å². The molecule has 2 unspecified atom stereocenters. The van der Waals surface area contributed by atoms with Gasteiger partial charge in [-0.05, 0) is 37.4 Å². The number of aryl methyl sites for hydroxylation is 1. The highest BCUT2D eigenvalue weighted by molar-refractivity contribution is 5.95. The topological polar surface area (TPSA) is 61.4 Å². The molecule has 0 spiro atoms. The number of phenolic OH excluding ortho intramolecular Hbond substituents is 1. The van der Waals surface area contributed by atoms with Crippen molar-refractivity contribution in [1.29, 1.82) is 0 Å². The molecule has 0 radical (unpaired) electrons. The third-order valence-electron chi connectivity index (χ3n) is 3.29. The van der Waals surface area contributed by atoms with E-state index in [-0.39, 0.29) is 17.7 Å². The van der Waals surface area contributed by atoms with Crippen molar-refractivity contribution in [1.82, 2.24) is 5.32 Å². The maximum Gasteiger partial charge on any atom is 0.241 e. The number of carbonyl (C=O) groups excluding carboxylic acids is 1. The molecule has 3 N–H and O–H groups in total. The van der Waals surface area contributed by atoms with Gasteiger partial charge in [0.15, 0.2) is 0 Å². The van der Waals surface area contributed by atoms with Gasteiger partial charge in [0.2, 0.25) is 5.91 Å². The van der Waals surface area contributed by atoms with E-state index < -0.39 is 0 Å². The Morgan fingerprint density at radius 1 is 1.53 bits per heavy atom. The van der Waals surface area contributed by atoms with Crippen molar-refractivity contribution in [3.8, 4) is 5.75 Å². The van der Waals surface area contributed by atoms with E-state index in [4.69, 9.17) is 0 Å². The molecule has 1 saturated heterocycles. The summed E-state index contributed by atoms with van der Waals surface area (Å²) < 4.78 is 0. The SMILES string of the molecule is Cc1ccc(NC(=O)C2NCCC2C)cc1O. The van der Waals surface area contributed by atoms with Gasteiger partial charge >= 0.3 is 0 Å². The zero-order valence-electron chi connectivity index (χ0n) is 10.2. The highest BCUT2D eigenvalue weighted by atomic mass is 16.3. The molecule has 1 amide bonds. The number of carbonyl (C=O) groups is 1. The third kappa shape index (κ3) is 2.58. The number of nitrogens with one attached hydrogen (secondary N) is 2. The van der Waals surface area contributed by atoms with Gasteiger partial charge in [0.1, 0.15) is 5.75 Å². The third-order valence-corrected chi connectivity index (χ3v) is 3.29. The van der Waals surface area contributed by atoms with Crippen LogP contribution in [0, 0.1) is 12.8 Å². The molecule has 4 heteroatoms. The van der Waals surface area contributed by atoms with Crippen LogP contribution in [-0.2, 0) is 4.79 Å². The molecule has 17 heavy (non-hydrogen) atoms. The van der Waals surface area contributed by atoms with Crippen LogP contribution in [0.4, 0.5) is 5.69 Å². The van der Waals surface area contributed by atoms with Crippen LogP contribution in [0.15, 0.2) is 18.2 Å². The summed E-state index contributed by atoms with van der Waals surface area (Å²) in [5, 5.41) is 15.6. The summed E-state index contributed by atoms with van der Waals surface area (Å²) in [6, 6.07) is 5.04. The second-order valence-electron chi connectivity index (χ2n) is 4.69. The van der Waals surface area contributed by atoms with Gasteiger partial charge in [0.25, 0.3) is 0 Å². The van der Waals surface area contributed by atoms with E-state index in [1.807, 2.05) is 6.92 Å². The first-order valence-electron chi connectivity index (χ1n) is 5.92. The van der Waals surface area contributed by atoms with Crippen LogP contribution in [0.5, 0.6) is 5.75 Å². The minimum absolute atomic E-state index is 0.0294. The van der Waals surface area contributed by atoms with Crippen molar-refractivity contribution in [2.45, 2.75) is 26.3 Å². The van der Waals surface area contributed by atoms with Crippen LogP contribution in [-0.4, -0.2) is 23.6 Å². The van der Waals surface area contributed by atoms with Crippen molar-refractivity contribution in [3.05, 3.63) is 23.8 Å². The number of amides is 1. The molecule has 1 aliphatic heterocycles. The molecule has 4 nitrogen and oxygen atoms in total. The van der Waals surface area contributed by atoms with Crippen LogP contribution >= 0.6 is 0 Å². The number of aromatic hydroxyl groups is 1. The molecule has 0 aromatic heterocycles. The van der Waals surface area contributed by atoms with Gasteiger partial charge in [-0.15, -0.1) is 0 Å². The highest BCUT2D eigenvalue weighted by Gasteiger charge is 2.29. The minimum Gasteiger partial charge on any atom is -0.508 e. The van der Waals surface area contributed by atoms with Crippen molar-refractivity contribution in [2.75, 3.05) is 11.9 Å². The summed E-state index contributed by atoms with van der Waals surface area (Å²) in [5.74, 6) is 0.530. The quantitative estimate of drug-likeness (QED) is 0.729. The molecule has 1 heterocycles. The first-order chi connectivity index (χ1) is 8.08. The van der Waals surface area contributed by atoms with Crippen LogP contribution in [0.2, 0.25) is 0 Å². The zero-order valence-corrected chi connectivity index (χ0v) is 10.2. The van der Waals surface area contributed by atoms with Crippen molar-refractivity contribution in [2.24, 2.45) is 5.92 Å². The first-order valence-corrected chi connectivity index (χ1v) is 5.92. The Labute approximate surface area is 101 Å². The van der Waals surface area contributed by atoms with E-state index in [0.717, 1.165) is 18.5 Å². The summed E-state index contributed by atoms with van der Waals surface area (Å²) in [6.07, 6.45) is 1.03. The van der Waals surface area contributed by atoms with E-state index in [9.17, 15) is 9.90 Å². The van der Waals surface area contributed by atoms with Gasteiger partial charge in [0, 0.05) is 11.8 Å². The lowest BCUT2D eigenvalue weighted by Crippen LogP contribution is -2.39. The predicted octanol–water partition coefficient (Wildman–Crippen LogP) is 1.64. The van der Waals surface area contributed by atoms with Gasteiger partial charge < -0.3 is 15.7 Å². The molecule has 1 aromatic rings. The molecule has 2 rings (SSSR count). The smallest absolute Gasteiger partial charge is 0.241 e. The van der Waals surface area contributed by atoms with Gasteiger partial charge in [-0.25, -0.2) is 0 Å². The Kier molecular flexibility index (Phi) is 3.33. The van der Waals surface area contributed by atoms with Crippen LogP contribution in [0.1, 0.15) is 18.9 Å². The molecular weight excluding hydrogens is 216 g/mol. The van der Waals surface area contributed by atoms with Crippen LogP contribution in [0.3, 0.4) is 0 Å². The number of hydrogen-bond acceptors (Lipinski definition) is 3. The fourth-order valence-corrected chi connectivity index (χ4v) is 2.09. The average molecular weight is 234 g/mol. The van der Waals surface area contributed by atoms with E-state index >= 15 is 0 Å². The molecule has 0 aliphatic carbocycles. The molecule has 1 fully saturated rings. The molecule has 92 valence electrons. The molecule has 1 aromatic carbocycles. The Morgan fingerprint density at radius 3 is 2.88 bits per heavy atom. The maximum atomic E-state index is 12.0. The maximum absolute atomic E-state index is 12.0. The summed E-state index contributed by atoms with van der Waals surface area (Å²) in [5.41, 5.74) is 1.44. The Balaban J connectivity index is 2.05. The van der Waals surface area contributed by atoms with E-state index in [2.05, 4.69) is 17.6 Å². The lowest BCUT2D eigenvalue weighted by Gasteiger charge is -2.15. The van der Waals surface area contributed by atoms with E-state index in [1.54, 1.807) is 18.2 Å². The number of hydrogen-bond donors (Lipinski definition) is 3. The number of anilines is 1. The van der Waals surface area contributed by atoms with Crippen molar-refractivity contribution >= 4 is 11.6 Å². The van der Waals surface area contributed by atoms with Gasteiger partial charge in [-0.3, -0.25) is 4.79 Å². The normalized spacial score (nSPS) is 23.6. The summed E-state index contributed by atoms with van der Waals surface area (Å²) in [4.78, 5) is 12.0. The summed E-state index contributed by atoms with van der Waals surface area (Å²) in [7, 11) is 0. The fraction of sp³-hybridized carbons (Fsp3) is 0.462. The number of phenols is 1. The second kappa shape index (κ2) is 4.75. The number of rotatable bonds is 2. The number of benzene rings is 1. The monoisotopic (exact) mass is 234 g/mol. The first kappa shape index (κ1) is 11.9. The van der Waals surface area contributed by atoms with Crippen LogP contribution < -0.4 is 10.6 Å². The summed E-state index contributed by atoms with van der Waals surface area (Å²) in [6.45, 7) is 4.77. The summed E-state index contributed by atoms with van der Waals surface area (Å²) >= 11 is 0. The molecule has 2 atom stereocenters. The predicted molar refractivity (Wildman–Crippen MR) is 67.0 cm³/mol. The van der Waals surface area contributed by atoms with Crippen molar-refractivity contribution < 1.29 is 9.90 Å². The lowest BCUT2D eigenvalue weighted by molar-refractivity contribution is -0.118. The standard InChI is InChI=1S/C13H18N2O2/c1-8-3-4-10(7-11(8)16)15-13(17)12-9(2)5-6-14-12/h3-4,7,9,12,14,16H,5-6H2,1-2H3,(H,15,17). The molecule has 0 bridgehead atoms. The van der Waals surface area contributed by atoms with Gasteiger partial charge in [-0.1, -0.05) is 13.0 Å². The minimum atomic E-state index is -0.126. The van der Waals surface area contributed by atoms with E-state index in [1.165, 1.54) is 0 Å². The Hall–Kier alpha value is -1.55. The average Bonchev–Trinajstić information content (AvgIpc) is 2.70. The highest BCUT2D eigenvalue weighted by Crippen LogP contribution is 2.22. The molecular formula is C13H18N2O2.